The lowest BCUT2D eigenvalue weighted by atomic mass is 9.77. The summed E-state index contributed by atoms with van der Waals surface area (Å²) in [6, 6.07) is 9.57. The Balaban J connectivity index is 1.39. The van der Waals surface area contributed by atoms with E-state index in [1.54, 1.807) is 11.1 Å². The van der Waals surface area contributed by atoms with Crippen molar-refractivity contribution in [3.8, 4) is 0 Å². The maximum absolute atomic E-state index is 3.74. The lowest BCUT2D eigenvalue weighted by Crippen LogP contribution is -2.44. The van der Waals surface area contributed by atoms with Crippen molar-refractivity contribution in [2.75, 3.05) is 26.2 Å². The molecule has 0 bridgehead atoms. The third-order valence-corrected chi connectivity index (χ3v) is 6.24. The zero-order chi connectivity index (χ0) is 14.1. The van der Waals surface area contributed by atoms with Crippen LogP contribution in [0.2, 0.25) is 0 Å². The number of fused-ring (bicyclic) bond motifs is 1. The predicted octanol–water partition coefficient (Wildman–Crippen LogP) is 3.53. The third-order valence-electron chi connectivity index (χ3n) is 6.24. The van der Waals surface area contributed by atoms with Crippen LogP contribution in [0.15, 0.2) is 24.3 Å². The fourth-order valence-corrected chi connectivity index (χ4v) is 4.85. The number of nitrogens with one attached hydrogen (secondary N) is 1. The Hall–Kier alpha value is -0.860. The van der Waals surface area contributed by atoms with Crippen LogP contribution in [0.5, 0.6) is 0 Å². The van der Waals surface area contributed by atoms with Gasteiger partial charge in [-0.25, -0.2) is 0 Å². The van der Waals surface area contributed by atoms with E-state index >= 15 is 0 Å². The van der Waals surface area contributed by atoms with Gasteiger partial charge in [-0.05, 0) is 68.3 Å². The van der Waals surface area contributed by atoms with Crippen molar-refractivity contribution in [2.24, 2.45) is 5.41 Å². The number of benzene rings is 1. The predicted molar refractivity (Wildman–Crippen MR) is 87.5 cm³/mol. The standard InChI is InChI=1S/C19H28N2/c1-2-6-17-16(5-1)7-12-20-18(17)15-21-13-10-19(11-14-21)8-3-4-9-19/h1-2,5-6,18,20H,3-4,7-15H2. The summed E-state index contributed by atoms with van der Waals surface area (Å²) in [5.41, 5.74) is 3.85. The molecule has 0 amide bonds. The summed E-state index contributed by atoms with van der Waals surface area (Å²) in [5.74, 6) is 0. The van der Waals surface area contributed by atoms with Crippen molar-refractivity contribution in [3.05, 3.63) is 35.4 Å². The van der Waals surface area contributed by atoms with Crippen LogP contribution in [-0.2, 0) is 6.42 Å². The zero-order valence-electron chi connectivity index (χ0n) is 13.1. The molecule has 0 aromatic heterocycles. The number of rotatable bonds is 2. The second-order valence-corrected chi connectivity index (χ2v) is 7.46. The Morgan fingerprint density at radius 3 is 2.62 bits per heavy atom. The van der Waals surface area contributed by atoms with Gasteiger partial charge in [0.25, 0.3) is 0 Å². The summed E-state index contributed by atoms with van der Waals surface area (Å²) in [6.45, 7) is 4.98. The molecule has 2 heteroatoms. The molecule has 2 fully saturated rings. The van der Waals surface area contributed by atoms with E-state index in [4.69, 9.17) is 0 Å². The monoisotopic (exact) mass is 284 g/mol. The molecule has 1 aliphatic carbocycles. The van der Waals surface area contributed by atoms with Gasteiger partial charge in [0.05, 0.1) is 0 Å². The lowest BCUT2D eigenvalue weighted by molar-refractivity contribution is 0.0997. The second-order valence-electron chi connectivity index (χ2n) is 7.46. The average molecular weight is 284 g/mol. The fourth-order valence-electron chi connectivity index (χ4n) is 4.85. The van der Waals surface area contributed by atoms with Crippen LogP contribution in [-0.4, -0.2) is 31.1 Å². The molecule has 2 heterocycles. The molecule has 1 saturated heterocycles. The number of hydrogen-bond donors (Lipinski definition) is 1. The van der Waals surface area contributed by atoms with Crippen molar-refractivity contribution in [2.45, 2.75) is 51.0 Å². The van der Waals surface area contributed by atoms with Crippen LogP contribution in [0.1, 0.15) is 55.7 Å². The Kier molecular flexibility index (Phi) is 3.76. The molecule has 2 aliphatic heterocycles. The molecule has 114 valence electrons. The van der Waals surface area contributed by atoms with Gasteiger partial charge in [0, 0.05) is 12.6 Å². The van der Waals surface area contributed by atoms with Gasteiger partial charge in [-0.15, -0.1) is 0 Å². The molecule has 0 radical (unpaired) electrons. The smallest absolute Gasteiger partial charge is 0.0452 e. The molecular formula is C19H28N2. The van der Waals surface area contributed by atoms with Crippen LogP contribution in [0.25, 0.3) is 0 Å². The first-order valence-corrected chi connectivity index (χ1v) is 8.88. The van der Waals surface area contributed by atoms with Crippen LogP contribution in [0, 0.1) is 5.41 Å². The molecule has 1 saturated carbocycles. The Morgan fingerprint density at radius 1 is 1.05 bits per heavy atom. The van der Waals surface area contributed by atoms with Crippen molar-refractivity contribution in [1.82, 2.24) is 10.2 Å². The van der Waals surface area contributed by atoms with E-state index in [9.17, 15) is 0 Å². The topological polar surface area (TPSA) is 15.3 Å². The summed E-state index contributed by atoms with van der Waals surface area (Å²) >= 11 is 0. The van der Waals surface area contributed by atoms with Gasteiger partial charge in [0.2, 0.25) is 0 Å². The van der Waals surface area contributed by atoms with E-state index in [1.807, 2.05) is 0 Å². The molecule has 3 aliphatic rings. The Labute approximate surface area is 128 Å². The molecule has 4 rings (SSSR count). The molecule has 1 aromatic carbocycles. The first kappa shape index (κ1) is 13.8. The summed E-state index contributed by atoms with van der Waals surface area (Å²) < 4.78 is 0. The van der Waals surface area contributed by atoms with Gasteiger partial charge in [0.1, 0.15) is 0 Å². The summed E-state index contributed by atoms with van der Waals surface area (Å²) in [5, 5.41) is 3.74. The highest BCUT2D eigenvalue weighted by atomic mass is 15.2. The van der Waals surface area contributed by atoms with Gasteiger partial charge in [0.15, 0.2) is 0 Å². The Morgan fingerprint density at radius 2 is 1.81 bits per heavy atom. The number of piperidine rings is 1. The minimum Gasteiger partial charge on any atom is -0.309 e. The average Bonchev–Trinajstić information content (AvgIpc) is 2.99. The normalized spacial score (nSPS) is 28.7. The minimum absolute atomic E-state index is 0.549. The van der Waals surface area contributed by atoms with Gasteiger partial charge >= 0.3 is 0 Å². The van der Waals surface area contributed by atoms with Crippen molar-refractivity contribution < 1.29 is 0 Å². The van der Waals surface area contributed by atoms with Gasteiger partial charge in [-0.3, -0.25) is 0 Å². The van der Waals surface area contributed by atoms with Crippen molar-refractivity contribution >= 4 is 0 Å². The zero-order valence-corrected chi connectivity index (χ0v) is 13.1. The number of likely N-dealkylation sites (tertiary alicyclic amines) is 1. The van der Waals surface area contributed by atoms with E-state index in [-0.39, 0.29) is 0 Å². The summed E-state index contributed by atoms with van der Waals surface area (Å²) in [7, 11) is 0. The van der Waals surface area contributed by atoms with Crippen LogP contribution in [0.4, 0.5) is 0 Å². The van der Waals surface area contributed by atoms with Crippen LogP contribution < -0.4 is 5.32 Å². The molecule has 2 nitrogen and oxygen atoms in total. The number of hydrogen-bond acceptors (Lipinski definition) is 2. The minimum atomic E-state index is 0.549. The van der Waals surface area contributed by atoms with Gasteiger partial charge < -0.3 is 10.2 Å². The number of nitrogens with zero attached hydrogens (tertiary/aromatic N) is 1. The van der Waals surface area contributed by atoms with E-state index in [1.165, 1.54) is 64.6 Å². The maximum Gasteiger partial charge on any atom is 0.0452 e. The van der Waals surface area contributed by atoms with E-state index in [0.29, 0.717) is 6.04 Å². The first-order chi connectivity index (χ1) is 10.3. The van der Waals surface area contributed by atoms with Gasteiger partial charge in [-0.1, -0.05) is 37.1 Å². The summed E-state index contributed by atoms with van der Waals surface area (Å²) in [6.07, 6.45) is 10.1. The largest absolute Gasteiger partial charge is 0.309 e. The van der Waals surface area contributed by atoms with E-state index in [0.717, 1.165) is 12.0 Å². The first-order valence-electron chi connectivity index (χ1n) is 8.88. The molecule has 1 unspecified atom stereocenters. The lowest BCUT2D eigenvalue weighted by Gasteiger charge is -2.41. The molecule has 1 spiro atoms. The fraction of sp³-hybridized carbons (Fsp3) is 0.684. The molecular weight excluding hydrogens is 256 g/mol. The quantitative estimate of drug-likeness (QED) is 0.894. The molecule has 21 heavy (non-hydrogen) atoms. The van der Waals surface area contributed by atoms with Crippen molar-refractivity contribution in [3.63, 3.8) is 0 Å². The highest BCUT2D eigenvalue weighted by molar-refractivity contribution is 5.32. The third kappa shape index (κ3) is 2.76. The Bertz CT molecular complexity index is 480. The molecule has 1 N–H and O–H groups in total. The summed E-state index contributed by atoms with van der Waals surface area (Å²) in [4.78, 5) is 2.71. The highest BCUT2D eigenvalue weighted by Crippen LogP contribution is 2.46. The molecule has 1 atom stereocenters. The van der Waals surface area contributed by atoms with Crippen molar-refractivity contribution in [1.29, 1.82) is 0 Å². The van der Waals surface area contributed by atoms with Crippen LogP contribution >= 0.6 is 0 Å². The van der Waals surface area contributed by atoms with Gasteiger partial charge in [-0.2, -0.15) is 0 Å². The SMILES string of the molecule is c1ccc2c(c1)CCNC2CN1CCC2(CCCC2)CC1. The van der Waals surface area contributed by atoms with E-state index < -0.39 is 0 Å². The maximum atomic E-state index is 3.74. The molecule has 1 aromatic rings. The second kappa shape index (κ2) is 5.73. The highest BCUT2D eigenvalue weighted by Gasteiger charge is 2.37. The van der Waals surface area contributed by atoms with E-state index in [2.05, 4.69) is 34.5 Å². The van der Waals surface area contributed by atoms with Crippen LogP contribution in [0.3, 0.4) is 0 Å².